The molecule has 0 aromatic carbocycles. The number of esters is 1. The van der Waals surface area contributed by atoms with Gasteiger partial charge in [-0.05, 0) is 6.07 Å². The topological polar surface area (TPSA) is 69.4 Å². The van der Waals surface area contributed by atoms with Crippen LogP contribution in [-0.4, -0.2) is 19.4 Å². The zero-order valence-corrected chi connectivity index (χ0v) is 7.18. The molecular formula is C7H7NO3S. The first-order valence-corrected chi connectivity index (χ1v) is 3.93. The van der Waals surface area contributed by atoms with E-state index in [4.69, 9.17) is 5.73 Å². The Morgan fingerprint density at radius 3 is 2.83 bits per heavy atom. The van der Waals surface area contributed by atoms with Gasteiger partial charge in [-0.3, -0.25) is 4.79 Å². The van der Waals surface area contributed by atoms with Crippen molar-refractivity contribution in [3.05, 3.63) is 15.8 Å². The number of carbonyl (C=O) groups excluding carboxylic acids is 2. The Balaban J connectivity index is 3.07. The molecule has 0 aliphatic heterocycles. The fraction of sp³-hybridized carbons (Fsp3) is 0.143. The lowest BCUT2D eigenvalue weighted by Gasteiger charge is -1.94. The van der Waals surface area contributed by atoms with E-state index in [1.165, 1.54) is 13.2 Å². The molecule has 1 heterocycles. The molecule has 1 aromatic rings. The van der Waals surface area contributed by atoms with Crippen molar-refractivity contribution in [3.8, 4) is 0 Å². The van der Waals surface area contributed by atoms with Crippen LogP contribution < -0.4 is 5.73 Å². The molecule has 5 heteroatoms. The molecule has 1 rings (SSSR count). The number of nitrogen functional groups attached to an aromatic ring is 1. The van der Waals surface area contributed by atoms with Crippen molar-refractivity contribution in [2.75, 3.05) is 12.8 Å². The molecular weight excluding hydrogens is 178 g/mol. The standard InChI is InChI=1S/C7H7NO3S/c1-11-7(10)6-5(8)2-4(3-9)12-6/h2-3H,8H2,1H3. The SMILES string of the molecule is COC(=O)c1sc(C=O)cc1N. The number of ether oxygens (including phenoxy) is 1. The maximum Gasteiger partial charge on any atom is 0.350 e. The van der Waals surface area contributed by atoms with Gasteiger partial charge in [0.15, 0.2) is 6.29 Å². The molecule has 4 nitrogen and oxygen atoms in total. The number of nitrogens with two attached hydrogens (primary N) is 1. The van der Waals surface area contributed by atoms with Crippen LogP contribution in [0.25, 0.3) is 0 Å². The summed E-state index contributed by atoms with van der Waals surface area (Å²) in [5, 5.41) is 0. The van der Waals surface area contributed by atoms with E-state index in [0.717, 1.165) is 11.3 Å². The van der Waals surface area contributed by atoms with Crippen molar-refractivity contribution in [2.24, 2.45) is 0 Å². The molecule has 12 heavy (non-hydrogen) atoms. The summed E-state index contributed by atoms with van der Waals surface area (Å²) in [6.07, 6.45) is 0.646. The Morgan fingerprint density at radius 2 is 2.42 bits per heavy atom. The monoisotopic (exact) mass is 185 g/mol. The van der Waals surface area contributed by atoms with Gasteiger partial charge in [-0.2, -0.15) is 0 Å². The van der Waals surface area contributed by atoms with Crippen LogP contribution in [-0.2, 0) is 4.74 Å². The van der Waals surface area contributed by atoms with Crippen LogP contribution in [0.4, 0.5) is 5.69 Å². The van der Waals surface area contributed by atoms with Crippen LogP contribution in [0.3, 0.4) is 0 Å². The van der Waals surface area contributed by atoms with E-state index in [9.17, 15) is 9.59 Å². The van der Waals surface area contributed by atoms with Crippen molar-refractivity contribution in [3.63, 3.8) is 0 Å². The van der Waals surface area contributed by atoms with E-state index < -0.39 is 5.97 Å². The number of methoxy groups -OCH3 is 1. The zero-order chi connectivity index (χ0) is 9.14. The van der Waals surface area contributed by atoms with E-state index in [1.807, 2.05) is 0 Å². The molecule has 0 aliphatic rings. The van der Waals surface area contributed by atoms with E-state index in [2.05, 4.69) is 4.74 Å². The van der Waals surface area contributed by atoms with E-state index in [-0.39, 0.29) is 10.6 Å². The minimum atomic E-state index is -0.509. The lowest BCUT2D eigenvalue weighted by molar-refractivity contribution is 0.0607. The molecule has 0 radical (unpaired) electrons. The summed E-state index contributed by atoms with van der Waals surface area (Å²) < 4.78 is 4.45. The highest BCUT2D eigenvalue weighted by atomic mass is 32.1. The molecule has 0 amide bonds. The van der Waals surface area contributed by atoms with Gasteiger partial charge in [0.25, 0.3) is 0 Å². The van der Waals surface area contributed by atoms with Crippen molar-refractivity contribution < 1.29 is 14.3 Å². The minimum absolute atomic E-state index is 0.277. The molecule has 0 bridgehead atoms. The van der Waals surface area contributed by atoms with Gasteiger partial charge in [0.2, 0.25) is 0 Å². The number of hydrogen-bond acceptors (Lipinski definition) is 5. The van der Waals surface area contributed by atoms with Crippen molar-refractivity contribution >= 4 is 29.3 Å². The molecule has 1 aromatic heterocycles. The van der Waals surface area contributed by atoms with Crippen LogP contribution in [0.1, 0.15) is 19.3 Å². The van der Waals surface area contributed by atoms with Crippen LogP contribution in [0.5, 0.6) is 0 Å². The number of hydrogen-bond donors (Lipinski definition) is 1. The number of thiophene rings is 1. The summed E-state index contributed by atoms with van der Waals surface area (Å²) in [7, 11) is 1.27. The maximum atomic E-state index is 11.0. The maximum absolute atomic E-state index is 11.0. The predicted octanol–water partition coefficient (Wildman–Crippen LogP) is 0.929. The molecule has 64 valence electrons. The average Bonchev–Trinajstić information content (AvgIpc) is 2.45. The van der Waals surface area contributed by atoms with E-state index in [0.29, 0.717) is 11.2 Å². The largest absolute Gasteiger partial charge is 0.465 e. The Hall–Kier alpha value is -1.36. The molecule has 0 atom stereocenters. The highest BCUT2D eigenvalue weighted by Gasteiger charge is 2.13. The number of carbonyl (C=O) groups is 2. The molecule has 0 unspecified atom stereocenters. The molecule has 0 saturated carbocycles. The van der Waals surface area contributed by atoms with Gasteiger partial charge < -0.3 is 10.5 Å². The zero-order valence-electron chi connectivity index (χ0n) is 6.37. The van der Waals surface area contributed by atoms with Gasteiger partial charge in [-0.1, -0.05) is 0 Å². The van der Waals surface area contributed by atoms with Crippen molar-refractivity contribution in [1.82, 2.24) is 0 Å². The number of anilines is 1. The normalized spacial score (nSPS) is 9.42. The molecule has 0 fully saturated rings. The third-order valence-electron chi connectivity index (χ3n) is 1.27. The Labute approximate surface area is 72.9 Å². The van der Waals surface area contributed by atoms with Gasteiger partial charge in [-0.15, -0.1) is 11.3 Å². The van der Waals surface area contributed by atoms with Gasteiger partial charge in [0.1, 0.15) is 4.88 Å². The van der Waals surface area contributed by atoms with E-state index >= 15 is 0 Å². The predicted molar refractivity (Wildman–Crippen MR) is 45.5 cm³/mol. The summed E-state index contributed by atoms with van der Waals surface area (Å²) in [5.74, 6) is -0.509. The summed E-state index contributed by atoms with van der Waals surface area (Å²) in [6.45, 7) is 0. The summed E-state index contributed by atoms with van der Waals surface area (Å²) in [6, 6.07) is 1.45. The Morgan fingerprint density at radius 1 is 1.75 bits per heavy atom. The number of rotatable bonds is 2. The lowest BCUT2D eigenvalue weighted by Crippen LogP contribution is -2.00. The van der Waals surface area contributed by atoms with Crippen molar-refractivity contribution in [1.29, 1.82) is 0 Å². The lowest BCUT2D eigenvalue weighted by atomic mass is 10.4. The second-order valence-corrected chi connectivity index (χ2v) is 3.13. The second kappa shape index (κ2) is 3.36. The summed E-state index contributed by atoms with van der Waals surface area (Å²) in [4.78, 5) is 21.9. The number of aldehydes is 1. The van der Waals surface area contributed by atoms with Crippen LogP contribution in [0.2, 0.25) is 0 Å². The fourth-order valence-corrected chi connectivity index (χ4v) is 1.55. The third-order valence-corrected chi connectivity index (χ3v) is 2.32. The Bertz CT molecular complexity index is 318. The summed E-state index contributed by atoms with van der Waals surface area (Å²) >= 11 is 1.02. The first kappa shape index (κ1) is 8.73. The molecule has 0 aliphatic carbocycles. The Kier molecular flexibility index (Phi) is 2.44. The van der Waals surface area contributed by atoms with Crippen LogP contribution >= 0.6 is 11.3 Å². The fourth-order valence-electron chi connectivity index (χ4n) is 0.735. The molecule has 0 saturated heterocycles. The third kappa shape index (κ3) is 1.45. The highest BCUT2D eigenvalue weighted by molar-refractivity contribution is 7.16. The van der Waals surface area contributed by atoms with Gasteiger partial charge in [-0.25, -0.2) is 4.79 Å². The average molecular weight is 185 g/mol. The smallest absolute Gasteiger partial charge is 0.350 e. The quantitative estimate of drug-likeness (QED) is 0.549. The molecule has 2 N–H and O–H groups in total. The minimum Gasteiger partial charge on any atom is -0.465 e. The van der Waals surface area contributed by atoms with Gasteiger partial charge in [0, 0.05) is 0 Å². The molecule has 0 spiro atoms. The van der Waals surface area contributed by atoms with Gasteiger partial charge >= 0.3 is 5.97 Å². The van der Waals surface area contributed by atoms with Crippen LogP contribution in [0, 0.1) is 0 Å². The van der Waals surface area contributed by atoms with Crippen LogP contribution in [0.15, 0.2) is 6.07 Å². The van der Waals surface area contributed by atoms with E-state index in [1.54, 1.807) is 0 Å². The first-order valence-electron chi connectivity index (χ1n) is 3.12. The van der Waals surface area contributed by atoms with Gasteiger partial charge in [0.05, 0.1) is 17.7 Å². The van der Waals surface area contributed by atoms with Crippen molar-refractivity contribution in [2.45, 2.75) is 0 Å². The summed E-state index contributed by atoms with van der Waals surface area (Å²) in [5.41, 5.74) is 5.73. The first-order chi connectivity index (χ1) is 5.69. The second-order valence-electron chi connectivity index (χ2n) is 2.04. The highest BCUT2D eigenvalue weighted by Crippen LogP contribution is 2.23.